The summed E-state index contributed by atoms with van der Waals surface area (Å²) in [6, 6.07) is 23.8. The highest BCUT2D eigenvalue weighted by Crippen LogP contribution is 2.37. The van der Waals surface area contributed by atoms with Gasteiger partial charge in [-0.05, 0) is 44.5 Å². The Morgan fingerprint density at radius 2 is 0.737 bits per heavy atom. The van der Waals surface area contributed by atoms with Gasteiger partial charge in [-0.2, -0.15) is 0 Å². The van der Waals surface area contributed by atoms with Crippen LogP contribution in [0.1, 0.15) is 44.5 Å². The van der Waals surface area contributed by atoms with Crippen LogP contribution in [0.2, 0.25) is 0 Å². The molecule has 6 nitrogen and oxygen atoms in total. The fraction of sp³-hybridized carbons (Fsp3) is 0.250. The first-order chi connectivity index (χ1) is 18.6. The minimum atomic E-state index is 0.271. The maximum absolute atomic E-state index is 11.3. The Bertz CT molecular complexity index is 1240. The van der Waals surface area contributed by atoms with Crippen molar-refractivity contribution in [2.24, 2.45) is 11.5 Å². The van der Waals surface area contributed by atoms with E-state index in [9.17, 15) is 10.2 Å². The number of aromatic hydroxyl groups is 2. The Kier molecular flexibility index (Phi) is 7.82. The molecule has 0 atom stereocenters. The number of nitrogens with two attached hydrogens (primary N) is 2. The predicted molar refractivity (Wildman–Crippen MR) is 149 cm³/mol. The monoisotopic (exact) mass is 510 g/mol. The first-order valence-electron chi connectivity index (χ1n) is 13.1. The van der Waals surface area contributed by atoms with Crippen molar-refractivity contribution in [1.29, 1.82) is 0 Å². The molecule has 196 valence electrons. The molecule has 0 amide bonds. The SMILES string of the molecule is NCCOc1c2cccc1Cc1cccc(c1O)Cc1cccc(c1OCCN)Cc1cccc(c1O)C2. The summed E-state index contributed by atoms with van der Waals surface area (Å²) in [6.07, 6.45) is 1.98. The molecule has 0 heterocycles. The zero-order chi connectivity index (χ0) is 26.5. The molecule has 0 fully saturated rings. The van der Waals surface area contributed by atoms with Gasteiger partial charge < -0.3 is 31.2 Å². The van der Waals surface area contributed by atoms with Crippen LogP contribution in [-0.4, -0.2) is 36.5 Å². The van der Waals surface area contributed by atoms with E-state index in [1.54, 1.807) is 0 Å². The predicted octanol–water partition coefficient (Wildman–Crippen LogP) is 4.45. The lowest BCUT2D eigenvalue weighted by Crippen LogP contribution is -2.13. The van der Waals surface area contributed by atoms with E-state index < -0.39 is 0 Å². The second-order valence-electron chi connectivity index (χ2n) is 9.64. The molecule has 1 aliphatic carbocycles. The molecular formula is C32H34N2O4. The molecule has 38 heavy (non-hydrogen) atoms. The van der Waals surface area contributed by atoms with Gasteiger partial charge in [-0.3, -0.25) is 0 Å². The number of phenolic OH excluding ortho intramolecular Hbond substituents is 2. The average Bonchev–Trinajstić information content (AvgIpc) is 2.92. The summed E-state index contributed by atoms with van der Waals surface area (Å²) in [5.41, 5.74) is 18.6. The van der Waals surface area contributed by atoms with E-state index in [0.717, 1.165) is 56.0 Å². The van der Waals surface area contributed by atoms with Crippen molar-refractivity contribution in [3.63, 3.8) is 0 Å². The molecule has 4 aromatic carbocycles. The van der Waals surface area contributed by atoms with Crippen molar-refractivity contribution >= 4 is 0 Å². The maximum atomic E-state index is 11.3. The lowest BCUT2D eigenvalue weighted by Gasteiger charge is -2.20. The number of rotatable bonds is 6. The van der Waals surface area contributed by atoms with Gasteiger partial charge in [-0.25, -0.2) is 0 Å². The van der Waals surface area contributed by atoms with Crippen LogP contribution in [0.15, 0.2) is 72.8 Å². The number of benzene rings is 4. The van der Waals surface area contributed by atoms with Gasteiger partial charge in [-0.1, -0.05) is 72.8 Å². The van der Waals surface area contributed by atoms with Crippen molar-refractivity contribution in [3.8, 4) is 23.0 Å². The summed E-state index contributed by atoms with van der Waals surface area (Å²) in [5, 5.41) is 22.7. The summed E-state index contributed by atoms with van der Waals surface area (Å²) in [6.45, 7) is 1.54. The van der Waals surface area contributed by atoms with Crippen LogP contribution in [0.4, 0.5) is 0 Å². The molecule has 1 aliphatic rings. The van der Waals surface area contributed by atoms with Gasteiger partial charge in [-0.15, -0.1) is 0 Å². The van der Waals surface area contributed by atoms with E-state index in [1.165, 1.54) is 0 Å². The molecule has 6 heteroatoms. The van der Waals surface area contributed by atoms with E-state index in [-0.39, 0.29) is 11.5 Å². The summed E-state index contributed by atoms with van der Waals surface area (Å²) in [7, 11) is 0. The van der Waals surface area contributed by atoms with Crippen LogP contribution in [0.3, 0.4) is 0 Å². The van der Waals surface area contributed by atoms with E-state index >= 15 is 0 Å². The van der Waals surface area contributed by atoms with Gasteiger partial charge >= 0.3 is 0 Å². The topological polar surface area (TPSA) is 111 Å². The highest BCUT2D eigenvalue weighted by molar-refractivity contribution is 5.55. The van der Waals surface area contributed by atoms with Gasteiger partial charge in [0.15, 0.2) is 0 Å². The number of para-hydroxylation sites is 4. The van der Waals surface area contributed by atoms with E-state index in [4.69, 9.17) is 20.9 Å². The zero-order valence-electron chi connectivity index (χ0n) is 21.5. The molecule has 0 radical (unpaired) electrons. The fourth-order valence-electron chi connectivity index (χ4n) is 5.21. The van der Waals surface area contributed by atoms with Crippen LogP contribution >= 0.6 is 0 Å². The molecule has 6 N–H and O–H groups in total. The Balaban J connectivity index is 1.70. The van der Waals surface area contributed by atoms with Crippen LogP contribution in [0.25, 0.3) is 0 Å². The maximum Gasteiger partial charge on any atom is 0.126 e. The number of phenols is 2. The minimum absolute atomic E-state index is 0.271. The van der Waals surface area contributed by atoms with Gasteiger partial charge in [0.25, 0.3) is 0 Å². The highest BCUT2D eigenvalue weighted by atomic mass is 16.5. The van der Waals surface area contributed by atoms with E-state index in [2.05, 4.69) is 0 Å². The number of ether oxygens (including phenoxy) is 2. The Hall–Kier alpha value is -4.00. The number of hydrogen-bond donors (Lipinski definition) is 4. The van der Waals surface area contributed by atoms with Crippen LogP contribution in [0.5, 0.6) is 23.0 Å². The number of fused-ring (bicyclic) bond motifs is 8. The standard InChI is InChI=1S/C32H34N2O4/c33-13-15-37-31-25-9-3-11-27(31)19-23-7-2-8-24(30(23)36)20-28-12-4-10-26(32(28)38-16-14-34)18-22-6-1-5-21(17-25)29(22)35/h1-12,35-36H,13-20,33-34H2. The second-order valence-corrected chi connectivity index (χ2v) is 9.64. The summed E-state index contributed by atoms with van der Waals surface area (Å²) >= 11 is 0. The normalized spacial score (nSPS) is 12.7. The molecule has 0 spiro atoms. The molecule has 4 aromatic rings. The molecular weight excluding hydrogens is 476 g/mol. The smallest absolute Gasteiger partial charge is 0.126 e. The first kappa shape index (κ1) is 25.6. The van der Waals surface area contributed by atoms with Crippen LogP contribution in [-0.2, 0) is 25.7 Å². The molecule has 5 rings (SSSR count). The van der Waals surface area contributed by atoms with Gasteiger partial charge in [0.2, 0.25) is 0 Å². The Morgan fingerprint density at radius 3 is 1.00 bits per heavy atom. The van der Waals surface area contributed by atoms with E-state index in [1.807, 2.05) is 72.8 Å². The summed E-state index contributed by atoms with van der Waals surface area (Å²) in [5.74, 6) is 2.05. The third-order valence-corrected chi connectivity index (χ3v) is 7.01. The van der Waals surface area contributed by atoms with Crippen LogP contribution < -0.4 is 20.9 Å². The van der Waals surface area contributed by atoms with Crippen LogP contribution in [0, 0.1) is 0 Å². The summed E-state index contributed by atoms with van der Waals surface area (Å²) in [4.78, 5) is 0. The highest BCUT2D eigenvalue weighted by Gasteiger charge is 2.19. The molecule has 0 unspecified atom stereocenters. The van der Waals surface area contributed by atoms with Crippen molar-refractivity contribution in [3.05, 3.63) is 117 Å². The molecule has 0 saturated heterocycles. The number of hydrogen-bond acceptors (Lipinski definition) is 6. The molecule has 8 bridgehead atoms. The van der Waals surface area contributed by atoms with Crippen molar-refractivity contribution in [1.82, 2.24) is 0 Å². The molecule has 0 aromatic heterocycles. The molecule has 0 saturated carbocycles. The third kappa shape index (κ3) is 5.32. The lowest BCUT2D eigenvalue weighted by molar-refractivity contribution is 0.322. The van der Waals surface area contributed by atoms with Crippen molar-refractivity contribution < 1.29 is 19.7 Å². The van der Waals surface area contributed by atoms with Crippen molar-refractivity contribution in [2.45, 2.75) is 25.7 Å². The second kappa shape index (κ2) is 11.6. The Morgan fingerprint density at radius 1 is 0.474 bits per heavy atom. The van der Waals surface area contributed by atoms with Gasteiger partial charge in [0.1, 0.15) is 36.2 Å². The minimum Gasteiger partial charge on any atom is -0.507 e. The summed E-state index contributed by atoms with van der Waals surface area (Å²) < 4.78 is 12.3. The largest absolute Gasteiger partial charge is 0.507 e. The van der Waals surface area contributed by atoms with E-state index in [0.29, 0.717) is 52.0 Å². The van der Waals surface area contributed by atoms with Crippen molar-refractivity contribution in [2.75, 3.05) is 26.3 Å². The molecule has 0 aliphatic heterocycles. The fourth-order valence-corrected chi connectivity index (χ4v) is 5.21. The lowest BCUT2D eigenvalue weighted by atomic mass is 9.91. The van der Waals surface area contributed by atoms with Gasteiger partial charge in [0, 0.05) is 38.8 Å². The zero-order valence-corrected chi connectivity index (χ0v) is 21.5. The first-order valence-corrected chi connectivity index (χ1v) is 13.1. The quantitative estimate of drug-likeness (QED) is 0.269. The average molecular weight is 511 g/mol. The van der Waals surface area contributed by atoms with Gasteiger partial charge in [0.05, 0.1) is 0 Å². The Labute approximate surface area is 223 Å². The third-order valence-electron chi connectivity index (χ3n) is 7.01.